The number of nitrogens with one attached hydrogen (secondary N) is 2. The minimum absolute atomic E-state index is 0.638. The summed E-state index contributed by atoms with van der Waals surface area (Å²) in [7, 11) is 4.16. The van der Waals surface area contributed by atoms with Crippen molar-refractivity contribution in [3.63, 3.8) is 0 Å². The molecule has 2 rings (SSSR count). The lowest BCUT2D eigenvalue weighted by Gasteiger charge is -2.12. The monoisotopic (exact) mass is 300 g/mol. The predicted molar refractivity (Wildman–Crippen MR) is 90.0 cm³/mol. The molecule has 0 aliphatic carbocycles. The molecule has 2 N–H and O–H groups in total. The number of hydrogen-bond acceptors (Lipinski definition) is 6. The van der Waals surface area contributed by atoms with Crippen LogP contribution in [0.2, 0.25) is 0 Å². The minimum Gasteiger partial charge on any atom is -0.370 e. The molecule has 6 heteroatoms. The molecule has 118 valence electrons. The van der Waals surface area contributed by atoms with E-state index in [4.69, 9.17) is 0 Å². The van der Waals surface area contributed by atoms with Crippen molar-refractivity contribution in [3.05, 3.63) is 41.9 Å². The summed E-state index contributed by atoms with van der Waals surface area (Å²) in [6.45, 7) is 4.60. The lowest BCUT2D eigenvalue weighted by atomic mass is 10.3. The van der Waals surface area contributed by atoms with Crippen LogP contribution in [-0.4, -0.2) is 47.0 Å². The number of aryl methyl sites for hydroxylation is 1. The zero-order valence-electron chi connectivity index (χ0n) is 13.5. The van der Waals surface area contributed by atoms with Gasteiger partial charge in [0.25, 0.3) is 0 Å². The second kappa shape index (κ2) is 8.29. The van der Waals surface area contributed by atoms with E-state index in [1.165, 1.54) is 0 Å². The third-order valence-electron chi connectivity index (χ3n) is 3.12. The fourth-order valence-corrected chi connectivity index (χ4v) is 2.03. The summed E-state index contributed by atoms with van der Waals surface area (Å²) in [5.41, 5.74) is 2.05. The van der Waals surface area contributed by atoms with Gasteiger partial charge >= 0.3 is 0 Å². The van der Waals surface area contributed by atoms with Crippen molar-refractivity contribution < 1.29 is 0 Å². The van der Waals surface area contributed by atoms with Crippen molar-refractivity contribution in [3.8, 4) is 0 Å². The highest BCUT2D eigenvalue weighted by molar-refractivity contribution is 5.42. The maximum atomic E-state index is 4.50. The largest absolute Gasteiger partial charge is 0.370 e. The number of hydrogen-bond donors (Lipinski definition) is 2. The maximum Gasteiger partial charge on any atom is 0.225 e. The first-order valence-corrected chi connectivity index (χ1v) is 7.50. The highest BCUT2D eigenvalue weighted by atomic mass is 15.1. The molecular formula is C16H24N6. The first-order chi connectivity index (χ1) is 10.6. The molecule has 0 unspecified atom stereocenters. The molecule has 0 saturated carbocycles. The van der Waals surface area contributed by atoms with Crippen LogP contribution in [0.4, 0.5) is 11.8 Å². The summed E-state index contributed by atoms with van der Waals surface area (Å²) in [6.07, 6.45) is 4.68. The van der Waals surface area contributed by atoms with Crippen molar-refractivity contribution in [2.24, 2.45) is 0 Å². The van der Waals surface area contributed by atoms with Crippen LogP contribution in [0.3, 0.4) is 0 Å². The van der Waals surface area contributed by atoms with Gasteiger partial charge in [0.1, 0.15) is 5.82 Å². The van der Waals surface area contributed by atoms with Crippen LogP contribution < -0.4 is 10.6 Å². The van der Waals surface area contributed by atoms with Crippen LogP contribution in [0.1, 0.15) is 17.7 Å². The van der Waals surface area contributed by atoms with Gasteiger partial charge in [0.2, 0.25) is 5.95 Å². The Morgan fingerprint density at radius 2 is 2.05 bits per heavy atom. The summed E-state index contributed by atoms with van der Waals surface area (Å²) in [5.74, 6) is 1.50. The Bertz CT molecular complexity index is 570. The van der Waals surface area contributed by atoms with E-state index in [0.29, 0.717) is 12.5 Å². The minimum atomic E-state index is 0.638. The normalized spacial score (nSPS) is 10.7. The van der Waals surface area contributed by atoms with Crippen LogP contribution in [-0.2, 0) is 6.54 Å². The molecule has 0 spiro atoms. The fourth-order valence-electron chi connectivity index (χ4n) is 2.03. The first-order valence-electron chi connectivity index (χ1n) is 7.50. The summed E-state index contributed by atoms with van der Waals surface area (Å²) in [4.78, 5) is 15.2. The number of pyridine rings is 1. The van der Waals surface area contributed by atoms with Gasteiger partial charge < -0.3 is 15.5 Å². The molecule has 0 amide bonds. The van der Waals surface area contributed by atoms with Gasteiger partial charge in [0.05, 0.1) is 0 Å². The summed E-state index contributed by atoms with van der Waals surface area (Å²) in [6, 6.07) is 5.91. The number of nitrogens with zero attached hydrogens (tertiary/aromatic N) is 4. The molecule has 0 aliphatic heterocycles. The van der Waals surface area contributed by atoms with E-state index in [0.717, 1.165) is 36.6 Å². The standard InChI is InChI=1S/C16H24N6/c1-13-10-15(18-8-5-9-22(2)3)21-16(20-13)19-12-14-6-4-7-17-11-14/h4,6-7,10-11H,5,8-9,12H2,1-3H3,(H2,18,19,20,21). The average Bonchev–Trinajstić information content (AvgIpc) is 2.50. The van der Waals surface area contributed by atoms with Gasteiger partial charge in [-0.2, -0.15) is 4.98 Å². The van der Waals surface area contributed by atoms with Crippen LogP contribution >= 0.6 is 0 Å². The van der Waals surface area contributed by atoms with E-state index < -0.39 is 0 Å². The van der Waals surface area contributed by atoms with Crippen molar-refractivity contribution in [1.29, 1.82) is 0 Å². The van der Waals surface area contributed by atoms with Crippen molar-refractivity contribution >= 4 is 11.8 Å². The Morgan fingerprint density at radius 1 is 1.18 bits per heavy atom. The zero-order chi connectivity index (χ0) is 15.8. The number of aromatic nitrogens is 3. The molecule has 0 aliphatic rings. The molecule has 6 nitrogen and oxygen atoms in total. The topological polar surface area (TPSA) is 66.0 Å². The Labute approximate surface area is 132 Å². The van der Waals surface area contributed by atoms with Gasteiger partial charge in [-0.15, -0.1) is 0 Å². The predicted octanol–water partition coefficient (Wildman–Crippen LogP) is 2.16. The van der Waals surface area contributed by atoms with E-state index in [2.05, 4.69) is 44.6 Å². The van der Waals surface area contributed by atoms with Crippen LogP contribution in [0, 0.1) is 6.92 Å². The fraction of sp³-hybridized carbons (Fsp3) is 0.438. The smallest absolute Gasteiger partial charge is 0.225 e. The van der Waals surface area contributed by atoms with Crippen molar-refractivity contribution in [2.75, 3.05) is 37.8 Å². The van der Waals surface area contributed by atoms with E-state index in [1.54, 1.807) is 6.20 Å². The van der Waals surface area contributed by atoms with Gasteiger partial charge in [-0.05, 0) is 45.6 Å². The van der Waals surface area contributed by atoms with Gasteiger partial charge in [0.15, 0.2) is 0 Å². The maximum absolute atomic E-state index is 4.50. The van der Waals surface area contributed by atoms with Crippen molar-refractivity contribution in [1.82, 2.24) is 19.9 Å². The van der Waals surface area contributed by atoms with E-state index >= 15 is 0 Å². The highest BCUT2D eigenvalue weighted by Gasteiger charge is 2.02. The van der Waals surface area contributed by atoms with Crippen molar-refractivity contribution in [2.45, 2.75) is 19.9 Å². The number of anilines is 2. The molecule has 0 saturated heterocycles. The number of rotatable bonds is 8. The first kappa shape index (κ1) is 16.2. The summed E-state index contributed by atoms with van der Waals surface area (Å²) < 4.78 is 0. The quantitative estimate of drug-likeness (QED) is 0.728. The third kappa shape index (κ3) is 5.65. The van der Waals surface area contributed by atoms with Gasteiger partial charge in [-0.3, -0.25) is 4.98 Å². The second-order valence-electron chi connectivity index (χ2n) is 5.52. The average molecular weight is 300 g/mol. The van der Waals surface area contributed by atoms with E-state index in [-0.39, 0.29) is 0 Å². The molecule has 0 radical (unpaired) electrons. The van der Waals surface area contributed by atoms with Gasteiger partial charge in [-0.25, -0.2) is 4.98 Å². The Morgan fingerprint density at radius 3 is 2.77 bits per heavy atom. The summed E-state index contributed by atoms with van der Waals surface area (Å²) >= 11 is 0. The zero-order valence-corrected chi connectivity index (χ0v) is 13.5. The third-order valence-corrected chi connectivity index (χ3v) is 3.12. The molecule has 0 bridgehead atoms. The molecule has 2 aromatic rings. The molecule has 2 aromatic heterocycles. The summed E-state index contributed by atoms with van der Waals surface area (Å²) in [5, 5.41) is 6.59. The SMILES string of the molecule is Cc1cc(NCCCN(C)C)nc(NCc2cccnc2)n1. The molecule has 0 atom stereocenters. The molecular weight excluding hydrogens is 276 g/mol. The van der Waals surface area contributed by atoms with Gasteiger partial charge in [0, 0.05) is 37.2 Å². The van der Waals surface area contributed by atoms with E-state index in [1.807, 2.05) is 31.3 Å². The van der Waals surface area contributed by atoms with Crippen LogP contribution in [0.25, 0.3) is 0 Å². The van der Waals surface area contributed by atoms with Gasteiger partial charge in [-0.1, -0.05) is 6.07 Å². The molecule has 22 heavy (non-hydrogen) atoms. The lowest BCUT2D eigenvalue weighted by Crippen LogP contribution is -2.17. The Hall–Kier alpha value is -2.21. The Kier molecular flexibility index (Phi) is 6.09. The highest BCUT2D eigenvalue weighted by Crippen LogP contribution is 2.10. The van der Waals surface area contributed by atoms with Crippen LogP contribution in [0.15, 0.2) is 30.6 Å². The van der Waals surface area contributed by atoms with E-state index in [9.17, 15) is 0 Å². The second-order valence-corrected chi connectivity index (χ2v) is 5.52. The molecule has 0 fully saturated rings. The molecule has 2 heterocycles. The molecule has 0 aromatic carbocycles. The van der Waals surface area contributed by atoms with Crippen LogP contribution in [0.5, 0.6) is 0 Å². The Balaban J connectivity index is 1.89. The lowest BCUT2D eigenvalue weighted by molar-refractivity contribution is 0.405.